The summed E-state index contributed by atoms with van der Waals surface area (Å²) >= 11 is 0. The average Bonchev–Trinajstić information content (AvgIpc) is 2.29. The number of nitrogens with zero attached hydrogens (tertiary/aromatic N) is 1. The molecule has 2 rings (SSSR count). The van der Waals surface area contributed by atoms with Crippen molar-refractivity contribution >= 4 is 16.7 Å². The van der Waals surface area contributed by atoms with Crippen LogP contribution in [-0.4, -0.2) is 25.0 Å². The molecule has 0 spiro atoms. The molecule has 0 aliphatic heterocycles. The van der Waals surface area contributed by atoms with E-state index < -0.39 is 0 Å². The summed E-state index contributed by atoms with van der Waals surface area (Å²) < 4.78 is 0. The van der Waals surface area contributed by atoms with Gasteiger partial charge in [0.1, 0.15) is 0 Å². The van der Waals surface area contributed by atoms with Gasteiger partial charge in [-0.2, -0.15) is 0 Å². The predicted molar refractivity (Wildman–Crippen MR) is 69.8 cm³/mol. The minimum atomic E-state index is -0.0776. The zero-order valence-electron chi connectivity index (χ0n) is 10.3. The molecule has 0 aliphatic carbocycles. The van der Waals surface area contributed by atoms with Crippen LogP contribution in [0.2, 0.25) is 0 Å². The largest absolute Gasteiger partial charge is 0.285 e. The molecule has 1 amide bonds. The van der Waals surface area contributed by atoms with Gasteiger partial charge in [-0.25, -0.2) is 5.01 Å². The van der Waals surface area contributed by atoms with Crippen molar-refractivity contribution in [2.45, 2.75) is 6.92 Å². The van der Waals surface area contributed by atoms with E-state index >= 15 is 0 Å². The summed E-state index contributed by atoms with van der Waals surface area (Å²) in [7, 11) is 3.60. The molecule has 2 aromatic carbocycles. The molecular formula is C14H16N2O. The summed E-state index contributed by atoms with van der Waals surface area (Å²) in [6, 6.07) is 11.8. The molecule has 0 heterocycles. The van der Waals surface area contributed by atoms with Gasteiger partial charge in [-0.1, -0.05) is 30.3 Å². The number of rotatable bonds is 2. The summed E-state index contributed by atoms with van der Waals surface area (Å²) in [5.41, 5.74) is 4.66. The number of nitrogens with one attached hydrogen (secondary N) is 1. The number of hydrogen-bond donors (Lipinski definition) is 1. The minimum absolute atomic E-state index is 0.0776. The molecule has 0 saturated carbocycles. The quantitative estimate of drug-likeness (QED) is 0.800. The van der Waals surface area contributed by atoms with E-state index in [2.05, 4.69) is 12.3 Å². The highest BCUT2D eigenvalue weighted by Gasteiger charge is 2.10. The third-order valence-electron chi connectivity index (χ3n) is 2.71. The number of fused-ring (bicyclic) bond motifs is 1. The molecule has 0 bridgehead atoms. The van der Waals surface area contributed by atoms with Crippen molar-refractivity contribution < 1.29 is 4.79 Å². The maximum Gasteiger partial charge on any atom is 0.266 e. The molecule has 0 atom stereocenters. The van der Waals surface area contributed by atoms with Gasteiger partial charge in [-0.3, -0.25) is 10.2 Å². The van der Waals surface area contributed by atoms with Gasteiger partial charge in [-0.15, -0.1) is 0 Å². The van der Waals surface area contributed by atoms with Gasteiger partial charge < -0.3 is 0 Å². The maximum atomic E-state index is 12.0. The summed E-state index contributed by atoms with van der Waals surface area (Å²) in [5.74, 6) is -0.0776. The number of hydrazine groups is 1. The molecule has 17 heavy (non-hydrogen) atoms. The van der Waals surface area contributed by atoms with Crippen molar-refractivity contribution in [2.24, 2.45) is 0 Å². The summed E-state index contributed by atoms with van der Waals surface area (Å²) in [6.45, 7) is 2.05. The van der Waals surface area contributed by atoms with Gasteiger partial charge in [0.15, 0.2) is 0 Å². The van der Waals surface area contributed by atoms with Gasteiger partial charge >= 0.3 is 0 Å². The molecule has 0 radical (unpaired) electrons. The van der Waals surface area contributed by atoms with Gasteiger partial charge in [0.2, 0.25) is 0 Å². The second-order valence-electron chi connectivity index (χ2n) is 4.31. The Morgan fingerprint density at radius 2 is 1.71 bits per heavy atom. The van der Waals surface area contributed by atoms with Crippen LogP contribution in [0.1, 0.15) is 15.9 Å². The van der Waals surface area contributed by atoms with E-state index in [1.165, 1.54) is 5.56 Å². The molecule has 1 N–H and O–H groups in total. The van der Waals surface area contributed by atoms with Crippen molar-refractivity contribution in [3.8, 4) is 0 Å². The van der Waals surface area contributed by atoms with E-state index in [9.17, 15) is 4.79 Å². The van der Waals surface area contributed by atoms with Crippen molar-refractivity contribution in [1.82, 2.24) is 10.4 Å². The monoisotopic (exact) mass is 228 g/mol. The van der Waals surface area contributed by atoms with Gasteiger partial charge in [0.05, 0.1) is 0 Å². The van der Waals surface area contributed by atoms with Gasteiger partial charge in [-0.05, 0) is 29.3 Å². The van der Waals surface area contributed by atoms with Crippen LogP contribution in [0.3, 0.4) is 0 Å². The Bertz CT molecular complexity index is 561. The first-order valence-electron chi connectivity index (χ1n) is 5.56. The number of amides is 1. The number of carbonyl (C=O) groups excluding carboxylic acids is 1. The predicted octanol–water partition coefficient (Wildman–Crippen LogP) is 2.35. The molecule has 2 aromatic rings. The normalized spacial score (nSPS) is 10.8. The van der Waals surface area contributed by atoms with Crippen LogP contribution in [0.5, 0.6) is 0 Å². The Balaban J connectivity index is 2.55. The summed E-state index contributed by atoms with van der Waals surface area (Å²) in [4.78, 5) is 12.0. The number of hydrogen-bond acceptors (Lipinski definition) is 2. The van der Waals surface area contributed by atoms with E-state index in [1.54, 1.807) is 19.1 Å². The lowest BCUT2D eigenvalue weighted by atomic mass is 10.00. The van der Waals surface area contributed by atoms with E-state index in [0.717, 1.165) is 10.8 Å². The smallest absolute Gasteiger partial charge is 0.266 e. The molecule has 0 aliphatic rings. The van der Waals surface area contributed by atoms with E-state index in [1.807, 2.05) is 36.4 Å². The highest BCUT2D eigenvalue weighted by Crippen LogP contribution is 2.22. The molecule has 0 fully saturated rings. The number of aryl methyl sites for hydroxylation is 1. The topological polar surface area (TPSA) is 32.3 Å². The Kier molecular flexibility index (Phi) is 3.11. The molecule has 88 valence electrons. The van der Waals surface area contributed by atoms with Crippen LogP contribution in [0, 0.1) is 6.92 Å². The first kappa shape index (κ1) is 11.6. The van der Waals surface area contributed by atoms with Crippen LogP contribution in [0.4, 0.5) is 0 Å². The fraction of sp³-hybridized carbons (Fsp3) is 0.214. The van der Waals surface area contributed by atoms with Crippen LogP contribution in [-0.2, 0) is 0 Å². The first-order chi connectivity index (χ1) is 8.09. The second kappa shape index (κ2) is 4.55. The fourth-order valence-electron chi connectivity index (χ4n) is 1.91. The van der Waals surface area contributed by atoms with Crippen LogP contribution in [0.25, 0.3) is 10.8 Å². The number of benzene rings is 2. The van der Waals surface area contributed by atoms with E-state index in [0.29, 0.717) is 5.56 Å². The molecule has 0 saturated heterocycles. The highest BCUT2D eigenvalue weighted by molar-refractivity contribution is 6.07. The Morgan fingerprint density at radius 1 is 1.06 bits per heavy atom. The van der Waals surface area contributed by atoms with Gasteiger partial charge in [0.25, 0.3) is 5.91 Å². The van der Waals surface area contributed by atoms with Crippen LogP contribution < -0.4 is 5.43 Å². The SMILES string of the molecule is Cc1ccc(C(=O)NN(C)C)c2ccccc12. The Labute approximate surface area is 101 Å². The van der Waals surface area contributed by atoms with Crippen LogP contribution >= 0.6 is 0 Å². The lowest BCUT2D eigenvalue weighted by molar-refractivity contribution is 0.0858. The fourth-order valence-corrected chi connectivity index (χ4v) is 1.91. The number of carbonyl (C=O) groups is 1. The molecule has 0 unspecified atom stereocenters. The first-order valence-corrected chi connectivity index (χ1v) is 5.56. The summed E-state index contributed by atoms with van der Waals surface area (Å²) in [6.07, 6.45) is 0. The molecule has 3 nitrogen and oxygen atoms in total. The Hall–Kier alpha value is -1.87. The van der Waals surface area contributed by atoms with Crippen LogP contribution in [0.15, 0.2) is 36.4 Å². The molecule has 0 aromatic heterocycles. The van der Waals surface area contributed by atoms with E-state index in [4.69, 9.17) is 0 Å². The van der Waals surface area contributed by atoms with Gasteiger partial charge in [0, 0.05) is 19.7 Å². The molecular weight excluding hydrogens is 212 g/mol. The van der Waals surface area contributed by atoms with Crippen molar-refractivity contribution in [3.63, 3.8) is 0 Å². The lowest BCUT2D eigenvalue weighted by Gasteiger charge is -2.13. The van der Waals surface area contributed by atoms with Crippen molar-refractivity contribution in [2.75, 3.05) is 14.1 Å². The maximum absolute atomic E-state index is 12.0. The minimum Gasteiger partial charge on any atom is -0.285 e. The lowest BCUT2D eigenvalue weighted by Crippen LogP contribution is -2.36. The van der Waals surface area contributed by atoms with Crippen molar-refractivity contribution in [3.05, 3.63) is 47.5 Å². The zero-order valence-corrected chi connectivity index (χ0v) is 10.3. The zero-order chi connectivity index (χ0) is 12.4. The van der Waals surface area contributed by atoms with E-state index in [-0.39, 0.29) is 5.91 Å². The highest BCUT2D eigenvalue weighted by atomic mass is 16.2. The third kappa shape index (κ3) is 2.29. The summed E-state index contributed by atoms with van der Waals surface area (Å²) in [5, 5.41) is 3.77. The third-order valence-corrected chi connectivity index (χ3v) is 2.71. The average molecular weight is 228 g/mol. The standard InChI is InChI=1S/C14H16N2O/c1-10-8-9-13(14(17)15-16(2)3)12-7-5-4-6-11(10)12/h4-9H,1-3H3,(H,15,17). The second-order valence-corrected chi connectivity index (χ2v) is 4.31. The Morgan fingerprint density at radius 3 is 2.35 bits per heavy atom. The molecule has 3 heteroatoms. The van der Waals surface area contributed by atoms with Crippen molar-refractivity contribution in [1.29, 1.82) is 0 Å².